The number of sulfone groups is 1. The molecule has 0 aliphatic rings. The minimum Gasteiger partial charge on any atom is -0.395 e. The summed E-state index contributed by atoms with van der Waals surface area (Å²) in [5, 5.41) is 17.8. The van der Waals surface area contributed by atoms with Crippen molar-refractivity contribution in [2.45, 2.75) is 4.90 Å². The second-order valence-electron chi connectivity index (χ2n) is 4.50. The Morgan fingerprint density at radius 1 is 1.19 bits per heavy atom. The van der Waals surface area contributed by atoms with Crippen LogP contribution in [0.5, 0.6) is 0 Å². The third-order valence-corrected chi connectivity index (χ3v) is 4.91. The van der Waals surface area contributed by atoms with Gasteiger partial charge >= 0.3 is 0 Å². The van der Waals surface area contributed by atoms with Gasteiger partial charge in [0.1, 0.15) is 4.99 Å². The summed E-state index contributed by atoms with van der Waals surface area (Å²) in [5.74, 6) is -0.103. The van der Waals surface area contributed by atoms with E-state index < -0.39 is 9.84 Å². The fourth-order valence-corrected chi connectivity index (χ4v) is 3.28. The van der Waals surface area contributed by atoms with E-state index in [1.807, 2.05) is 0 Å². The maximum absolute atomic E-state index is 12.3. The molecule has 0 aliphatic carbocycles. The molecule has 0 atom stereocenters. The number of aliphatic hydroxyl groups is 2. The Balaban J connectivity index is 2.81. The monoisotopic (exact) mass is 332 g/mol. The molecule has 4 N–H and O–H groups in total. The lowest BCUT2D eigenvalue weighted by atomic mass is 10.2. The van der Waals surface area contributed by atoms with Gasteiger partial charge in [-0.25, -0.2) is 8.42 Å². The summed E-state index contributed by atoms with van der Waals surface area (Å²) in [5.41, 5.74) is 6.01. The van der Waals surface area contributed by atoms with Crippen LogP contribution < -0.4 is 5.73 Å². The third-order valence-electron chi connectivity index (χ3n) is 2.99. The van der Waals surface area contributed by atoms with Gasteiger partial charge in [0, 0.05) is 25.2 Å². The van der Waals surface area contributed by atoms with Gasteiger partial charge in [-0.1, -0.05) is 24.4 Å². The average molecular weight is 332 g/mol. The average Bonchev–Trinajstić information content (AvgIpc) is 2.45. The van der Waals surface area contributed by atoms with E-state index in [1.54, 1.807) is 17.0 Å². The maximum Gasteiger partial charge on any atom is 0.179 e. The van der Waals surface area contributed by atoms with Crippen molar-refractivity contribution in [3.8, 4) is 0 Å². The van der Waals surface area contributed by atoms with Gasteiger partial charge in [-0.2, -0.15) is 0 Å². The zero-order valence-electron chi connectivity index (χ0n) is 11.6. The number of rotatable bonds is 9. The largest absolute Gasteiger partial charge is 0.395 e. The Hall–Kier alpha value is -1.06. The van der Waals surface area contributed by atoms with Crippen molar-refractivity contribution in [1.29, 1.82) is 0 Å². The minimum absolute atomic E-state index is 0.0863. The van der Waals surface area contributed by atoms with Crippen LogP contribution in [0.15, 0.2) is 29.2 Å². The summed E-state index contributed by atoms with van der Waals surface area (Å²) in [6.45, 7) is 0.709. The molecule has 1 rings (SSSR count). The molecular formula is C13H20N2O4S2. The van der Waals surface area contributed by atoms with E-state index in [9.17, 15) is 8.42 Å². The smallest absolute Gasteiger partial charge is 0.179 e. The molecule has 1 aromatic carbocycles. The summed E-state index contributed by atoms with van der Waals surface area (Å²) in [7, 11) is -3.47. The SMILES string of the molecule is NC(=S)c1cccc(S(=O)(=O)CCN(CCO)CCO)c1. The number of nitrogens with two attached hydrogens (primary N) is 1. The van der Waals surface area contributed by atoms with E-state index in [4.69, 9.17) is 28.2 Å². The lowest BCUT2D eigenvalue weighted by molar-refractivity contribution is 0.167. The van der Waals surface area contributed by atoms with Crippen LogP contribution in [-0.2, 0) is 9.84 Å². The Morgan fingerprint density at radius 3 is 2.33 bits per heavy atom. The summed E-state index contributed by atoms with van der Waals surface area (Å²) in [6, 6.07) is 6.21. The molecule has 0 saturated carbocycles. The molecule has 0 amide bonds. The van der Waals surface area contributed by atoms with Crippen molar-refractivity contribution in [3.05, 3.63) is 29.8 Å². The van der Waals surface area contributed by atoms with Crippen LogP contribution in [0, 0.1) is 0 Å². The van der Waals surface area contributed by atoms with E-state index in [1.165, 1.54) is 12.1 Å². The summed E-state index contributed by atoms with van der Waals surface area (Å²) >= 11 is 4.84. The molecule has 118 valence electrons. The quantitative estimate of drug-likeness (QED) is 0.518. The highest BCUT2D eigenvalue weighted by Crippen LogP contribution is 2.13. The molecule has 0 radical (unpaired) electrons. The fraction of sp³-hybridized carbons (Fsp3) is 0.462. The van der Waals surface area contributed by atoms with Gasteiger partial charge in [0.2, 0.25) is 0 Å². The molecule has 8 heteroatoms. The van der Waals surface area contributed by atoms with Gasteiger partial charge in [-0.3, -0.25) is 4.90 Å². The van der Waals surface area contributed by atoms with Crippen molar-refractivity contribution < 1.29 is 18.6 Å². The fourth-order valence-electron chi connectivity index (χ4n) is 1.83. The predicted octanol–water partition coefficient (Wildman–Crippen LogP) is -0.619. The normalized spacial score (nSPS) is 11.8. The van der Waals surface area contributed by atoms with Gasteiger partial charge in [-0.05, 0) is 12.1 Å². The van der Waals surface area contributed by atoms with Crippen molar-refractivity contribution in [2.75, 3.05) is 38.6 Å². The van der Waals surface area contributed by atoms with E-state index in [0.29, 0.717) is 18.7 Å². The first kappa shape index (κ1) is 18.0. The van der Waals surface area contributed by atoms with Crippen LogP contribution in [0.2, 0.25) is 0 Å². The third kappa shape index (κ3) is 5.68. The first-order valence-corrected chi connectivity index (χ1v) is 8.53. The molecule has 0 aliphatic heterocycles. The van der Waals surface area contributed by atoms with Gasteiger partial charge in [-0.15, -0.1) is 0 Å². The van der Waals surface area contributed by atoms with E-state index in [-0.39, 0.29) is 35.4 Å². The molecular weight excluding hydrogens is 312 g/mol. The lowest BCUT2D eigenvalue weighted by Crippen LogP contribution is -2.34. The second kappa shape index (κ2) is 8.40. The lowest BCUT2D eigenvalue weighted by Gasteiger charge is -2.19. The molecule has 1 aromatic rings. The van der Waals surface area contributed by atoms with Gasteiger partial charge < -0.3 is 15.9 Å². The molecule has 0 heterocycles. The van der Waals surface area contributed by atoms with Gasteiger partial charge in [0.15, 0.2) is 9.84 Å². The van der Waals surface area contributed by atoms with Crippen molar-refractivity contribution in [1.82, 2.24) is 4.90 Å². The van der Waals surface area contributed by atoms with Crippen LogP contribution in [0.3, 0.4) is 0 Å². The van der Waals surface area contributed by atoms with E-state index >= 15 is 0 Å². The highest BCUT2D eigenvalue weighted by atomic mass is 32.2. The number of thiocarbonyl (C=S) groups is 1. The molecule has 0 bridgehead atoms. The van der Waals surface area contributed by atoms with Crippen molar-refractivity contribution >= 4 is 27.0 Å². The van der Waals surface area contributed by atoms with Crippen LogP contribution in [0.25, 0.3) is 0 Å². The first-order valence-electron chi connectivity index (χ1n) is 6.47. The Kier molecular flexibility index (Phi) is 7.20. The minimum atomic E-state index is -3.47. The molecule has 6 nitrogen and oxygen atoms in total. The van der Waals surface area contributed by atoms with Crippen molar-refractivity contribution in [3.63, 3.8) is 0 Å². The highest BCUT2D eigenvalue weighted by Gasteiger charge is 2.17. The second-order valence-corrected chi connectivity index (χ2v) is 7.05. The summed E-state index contributed by atoms with van der Waals surface area (Å²) in [4.78, 5) is 2.00. The number of aliphatic hydroxyl groups excluding tert-OH is 2. The maximum atomic E-state index is 12.3. The predicted molar refractivity (Wildman–Crippen MR) is 85.0 cm³/mol. The van der Waals surface area contributed by atoms with Crippen molar-refractivity contribution in [2.24, 2.45) is 5.73 Å². The first-order chi connectivity index (χ1) is 9.90. The summed E-state index contributed by atoms with van der Waals surface area (Å²) in [6.07, 6.45) is 0. The topological polar surface area (TPSA) is 104 Å². The molecule has 0 fully saturated rings. The van der Waals surface area contributed by atoms with Gasteiger partial charge in [0.25, 0.3) is 0 Å². The zero-order valence-corrected chi connectivity index (χ0v) is 13.2. The van der Waals surface area contributed by atoms with E-state index in [0.717, 1.165) is 0 Å². The Morgan fingerprint density at radius 2 is 1.81 bits per heavy atom. The number of hydrogen-bond donors (Lipinski definition) is 3. The number of hydrogen-bond acceptors (Lipinski definition) is 6. The molecule has 0 unspecified atom stereocenters. The number of benzene rings is 1. The molecule has 0 spiro atoms. The Labute approximate surface area is 130 Å². The van der Waals surface area contributed by atoms with Crippen LogP contribution in [-0.4, -0.2) is 67.1 Å². The summed E-state index contributed by atoms with van der Waals surface area (Å²) < 4.78 is 24.6. The van der Waals surface area contributed by atoms with Crippen LogP contribution in [0.4, 0.5) is 0 Å². The van der Waals surface area contributed by atoms with E-state index in [2.05, 4.69) is 0 Å². The molecule has 21 heavy (non-hydrogen) atoms. The molecule has 0 saturated heterocycles. The van der Waals surface area contributed by atoms with Crippen LogP contribution >= 0.6 is 12.2 Å². The standard InChI is InChI=1S/C13H20N2O4S2/c14-13(20)11-2-1-3-12(10-11)21(18,19)9-6-15(4-7-16)5-8-17/h1-3,10,16-17H,4-9H2,(H2,14,20). The zero-order chi connectivity index (χ0) is 15.9. The Bertz CT molecular complexity index is 569. The number of nitrogens with zero attached hydrogens (tertiary/aromatic N) is 1. The molecule has 0 aromatic heterocycles. The highest BCUT2D eigenvalue weighted by molar-refractivity contribution is 7.91. The van der Waals surface area contributed by atoms with Gasteiger partial charge in [0.05, 0.1) is 23.9 Å². The van der Waals surface area contributed by atoms with Crippen LogP contribution in [0.1, 0.15) is 5.56 Å².